The van der Waals surface area contributed by atoms with Crippen LogP contribution in [-0.4, -0.2) is 36.0 Å². The van der Waals surface area contributed by atoms with E-state index in [1.165, 1.54) is 22.8 Å². The Balaban J connectivity index is 1.72. The first kappa shape index (κ1) is 24.3. The van der Waals surface area contributed by atoms with Crippen LogP contribution in [-0.2, 0) is 9.53 Å². The third-order valence-corrected chi connectivity index (χ3v) is 6.94. The first-order valence-corrected chi connectivity index (χ1v) is 12.1. The Morgan fingerprint density at radius 2 is 1.97 bits per heavy atom. The maximum Gasteiger partial charge on any atom is 0.338 e. The zero-order valence-corrected chi connectivity index (χ0v) is 20.9. The topological polar surface area (TPSA) is 131 Å². The minimum Gasteiger partial charge on any atom is -0.497 e. The lowest BCUT2D eigenvalue weighted by Gasteiger charge is -2.24. The lowest BCUT2D eigenvalue weighted by atomic mass is 9.96. The molecule has 0 spiro atoms. The number of ether oxygens (including phenoxy) is 4. The second-order valence-electron chi connectivity index (χ2n) is 8.10. The molecule has 0 bridgehead atoms. The van der Waals surface area contributed by atoms with Gasteiger partial charge in [-0.05, 0) is 43.7 Å². The molecule has 1 aromatic heterocycles. The molecular weight excluding hydrogens is 502 g/mol. The highest BCUT2D eigenvalue weighted by molar-refractivity contribution is 7.07. The summed E-state index contributed by atoms with van der Waals surface area (Å²) in [4.78, 5) is 42.8. The molecular formula is C25H21N3O8S. The van der Waals surface area contributed by atoms with Gasteiger partial charge in [0.1, 0.15) is 5.75 Å². The van der Waals surface area contributed by atoms with E-state index in [1.807, 2.05) is 0 Å². The molecule has 0 unspecified atom stereocenters. The smallest absolute Gasteiger partial charge is 0.338 e. The average molecular weight is 524 g/mol. The number of methoxy groups -OCH3 is 1. The van der Waals surface area contributed by atoms with E-state index >= 15 is 0 Å². The number of hydrogen-bond acceptors (Lipinski definition) is 10. The molecule has 2 aromatic carbocycles. The molecule has 11 nitrogen and oxygen atoms in total. The second-order valence-corrected chi connectivity index (χ2v) is 9.11. The normalized spacial score (nSPS) is 16.3. The zero-order valence-electron chi connectivity index (χ0n) is 20.0. The number of esters is 1. The third kappa shape index (κ3) is 4.25. The molecule has 0 saturated carbocycles. The summed E-state index contributed by atoms with van der Waals surface area (Å²) in [6.45, 7) is 3.49. The molecule has 1 atom stereocenters. The van der Waals surface area contributed by atoms with Gasteiger partial charge in [-0.2, -0.15) is 0 Å². The molecule has 5 rings (SSSR count). The Kier molecular flexibility index (Phi) is 6.25. The van der Waals surface area contributed by atoms with Crippen LogP contribution in [0.25, 0.3) is 6.08 Å². The predicted molar refractivity (Wildman–Crippen MR) is 133 cm³/mol. The third-order valence-electron chi connectivity index (χ3n) is 5.95. The van der Waals surface area contributed by atoms with E-state index in [1.54, 1.807) is 45.2 Å². The van der Waals surface area contributed by atoms with Crippen LogP contribution in [0.3, 0.4) is 0 Å². The maximum atomic E-state index is 13.7. The molecule has 0 fully saturated rings. The summed E-state index contributed by atoms with van der Waals surface area (Å²) in [6, 6.07) is 8.93. The van der Waals surface area contributed by atoms with E-state index in [0.29, 0.717) is 27.6 Å². The number of carbonyl (C=O) groups excluding carboxylic acids is 1. The van der Waals surface area contributed by atoms with Crippen molar-refractivity contribution in [1.29, 1.82) is 0 Å². The van der Waals surface area contributed by atoms with Crippen LogP contribution in [0.15, 0.2) is 57.5 Å². The average Bonchev–Trinajstić information content (AvgIpc) is 3.46. The molecule has 37 heavy (non-hydrogen) atoms. The Bertz CT molecular complexity index is 1640. The van der Waals surface area contributed by atoms with Gasteiger partial charge in [-0.15, -0.1) is 0 Å². The molecule has 3 aromatic rings. The summed E-state index contributed by atoms with van der Waals surface area (Å²) in [5, 5.41) is 11.7. The molecule has 0 amide bonds. The van der Waals surface area contributed by atoms with Crippen LogP contribution >= 0.6 is 11.3 Å². The number of benzene rings is 2. The van der Waals surface area contributed by atoms with Gasteiger partial charge in [0.05, 0.1) is 52.1 Å². The van der Waals surface area contributed by atoms with Crippen molar-refractivity contribution in [3.05, 3.63) is 88.6 Å². The van der Waals surface area contributed by atoms with Gasteiger partial charge >= 0.3 is 5.97 Å². The van der Waals surface area contributed by atoms with E-state index in [0.717, 1.165) is 11.3 Å². The Morgan fingerprint density at radius 3 is 2.62 bits per heavy atom. The minimum atomic E-state index is -0.810. The van der Waals surface area contributed by atoms with Crippen LogP contribution in [0.5, 0.6) is 17.2 Å². The molecule has 0 saturated heterocycles. The SMILES string of the molecule is CCOC(=O)C1=C(C)N=c2s/c(=C\c3cc4c(cc3[N+](=O)[O-])OCO4)c(=O)n2[C@@H]1c1ccc(OC)cc1. The van der Waals surface area contributed by atoms with Gasteiger partial charge in [0.15, 0.2) is 16.3 Å². The van der Waals surface area contributed by atoms with Gasteiger partial charge in [0.25, 0.3) is 11.2 Å². The van der Waals surface area contributed by atoms with E-state index in [9.17, 15) is 19.7 Å². The monoisotopic (exact) mass is 523 g/mol. The fraction of sp³-hybridized carbons (Fsp3) is 0.240. The summed E-state index contributed by atoms with van der Waals surface area (Å²) in [6.07, 6.45) is 1.43. The van der Waals surface area contributed by atoms with Crippen molar-refractivity contribution in [3.8, 4) is 17.2 Å². The number of carbonyl (C=O) groups is 1. The predicted octanol–water partition coefficient (Wildman–Crippen LogP) is 2.44. The Labute approximate surface area is 213 Å². The molecule has 2 aliphatic heterocycles. The van der Waals surface area contributed by atoms with Crippen LogP contribution in [0, 0.1) is 10.1 Å². The first-order valence-electron chi connectivity index (χ1n) is 11.2. The molecule has 0 radical (unpaired) electrons. The molecule has 0 aliphatic carbocycles. The van der Waals surface area contributed by atoms with Crippen LogP contribution in [0.1, 0.15) is 31.0 Å². The van der Waals surface area contributed by atoms with Crippen molar-refractivity contribution >= 4 is 29.1 Å². The van der Waals surface area contributed by atoms with Crippen molar-refractivity contribution in [2.75, 3.05) is 20.5 Å². The number of allylic oxidation sites excluding steroid dienone is 1. The Morgan fingerprint density at radius 1 is 1.27 bits per heavy atom. The first-order chi connectivity index (χ1) is 17.8. The number of nitro groups is 1. The molecule has 190 valence electrons. The van der Waals surface area contributed by atoms with Crippen LogP contribution in [0.2, 0.25) is 0 Å². The second kappa shape index (κ2) is 9.54. The molecule has 12 heteroatoms. The number of nitro benzene ring substituents is 1. The summed E-state index contributed by atoms with van der Waals surface area (Å²) in [5.74, 6) is 0.649. The van der Waals surface area contributed by atoms with Crippen molar-refractivity contribution in [2.45, 2.75) is 19.9 Å². The largest absolute Gasteiger partial charge is 0.497 e. The number of nitrogens with zero attached hydrogens (tertiary/aromatic N) is 3. The van der Waals surface area contributed by atoms with Gasteiger partial charge in [-0.1, -0.05) is 23.5 Å². The fourth-order valence-electron chi connectivity index (χ4n) is 4.26. The highest BCUT2D eigenvalue weighted by Crippen LogP contribution is 2.38. The standard InChI is InChI=1S/C25H21N3O8S/c1-4-34-24(30)21-13(2)26-25-27(22(21)14-5-7-16(33-3)8-6-14)23(29)20(37-25)10-15-9-18-19(36-12-35-18)11-17(15)28(31)32/h5-11,22H,4,12H2,1-3H3/b20-10-/t22-/m1/s1. The summed E-state index contributed by atoms with van der Waals surface area (Å²) < 4.78 is 22.8. The molecule has 2 aliphatic rings. The number of aromatic nitrogens is 1. The highest BCUT2D eigenvalue weighted by Gasteiger charge is 2.33. The molecule has 0 N–H and O–H groups in total. The van der Waals surface area contributed by atoms with E-state index in [-0.39, 0.29) is 40.5 Å². The van der Waals surface area contributed by atoms with Crippen molar-refractivity contribution in [2.24, 2.45) is 4.99 Å². The molecule has 3 heterocycles. The van der Waals surface area contributed by atoms with Crippen molar-refractivity contribution in [3.63, 3.8) is 0 Å². The fourth-order valence-corrected chi connectivity index (χ4v) is 5.29. The van der Waals surface area contributed by atoms with Gasteiger partial charge in [0, 0.05) is 0 Å². The number of rotatable bonds is 6. The van der Waals surface area contributed by atoms with Crippen molar-refractivity contribution in [1.82, 2.24) is 4.57 Å². The lowest BCUT2D eigenvalue weighted by Crippen LogP contribution is -2.39. The highest BCUT2D eigenvalue weighted by atomic mass is 32.1. The van der Waals surface area contributed by atoms with Gasteiger partial charge in [-0.25, -0.2) is 9.79 Å². The summed E-state index contributed by atoms with van der Waals surface area (Å²) in [7, 11) is 1.54. The van der Waals surface area contributed by atoms with E-state index < -0.39 is 22.5 Å². The van der Waals surface area contributed by atoms with E-state index in [2.05, 4.69) is 4.99 Å². The van der Waals surface area contributed by atoms with Crippen LogP contribution < -0.4 is 29.1 Å². The quantitative estimate of drug-likeness (QED) is 0.274. The van der Waals surface area contributed by atoms with Gasteiger partial charge in [-0.3, -0.25) is 19.5 Å². The summed E-state index contributed by atoms with van der Waals surface area (Å²) in [5.41, 5.74) is 0.805. The number of hydrogen-bond donors (Lipinski definition) is 0. The zero-order chi connectivity index (χ0) is 26.3. The lowest BCUT2D eigenvalue weighted by molar-refractivity contribution is -0.385. The number of fused-ring (bicyclic) bond motifs is 2. The van der Waals surface area contributed by atoms with E-state index in [4.69, 9.17) is 18.9 Å². The van der Waals surface area contributed by atoms with Crippen LogP contribution in [0.4, 0.5) is 5.69 Å². The maximum absolute atomic E-state index is 13.7. The van der Waals surface area contributed by atoms with Crippen molar-refractivity contribution < 1.29 is 28.7 Å². The Hall–Kier alpha value is -4.45. The number of thiazole rings is 1. The van der Waals surface area contributed by atoms with Gasteiger partial charge < -0.3 is 18.9 Å². The van der Waals surface area contributed by atoms with Gasteiger partial charge in [0.2, 0.25) is 6.79 Å². The summed E-state index contributed by atoms with van der Waals surface area (Å²) >= 11 is 1.07. The minimum absolute atomic E-state index is 0.0457.